The van der Waals surface area contributed by atoms with Crippen molar-refractivity contribution in [3.8, 4) is 0 Å². The topological polar surface area (TPSA) is 82.0 Å². The van der Waals surface area contributed by atoms with Crippen molar-refractivity contribution in [1.29, 1.82) is 0 Å². The van der Waals surface area contributed by atoms with Crippen LogP contribution in [-0.2, 0) is 16.1 Å². The Morgan fingerprint density at radius 1 is 1.15 bits per heavy atom. The molecule has 0 spiro atoms. The third-order valence-corrected chi connectivity index (χ3v) is 4.57. The fourth-order valence-electron chi connectivity index (χ4n) is 3.29. The molecule has 2 aromatic carbocycles. The van der Waals surface area contributed by atoms with Gasteiger partial charge in [-0.25, -0.2) is 0 Å². The van der Waals surface area contributed by atoms with Crippen molar-refractivity contribution in [2.24, 2.45) is 4.99 Å². The van der Waals surface area contributed by atoms with E-state index < -0.39 is 5.97 Å². The molecular formula is C21H23N3O3. The zero-order chi connectivity index (χ0) is 19.1. The molecule has 0 saturated carbocycles. The van der Waals surface area contributed by atoms with Crippen molar-refractivity contribution in [3.63, 3.8) is 0 Å². The summed E-state index contributed by atoms with van der Waals surface area (Å²) in [6.45, 7) is 1.35. The SMILES string of the molecule is O=C(O)CN=Cc1ccccc1NC(=O)[C@@H]1CCCN1Cc1ccccc1. The predicted octanol–water partition coefficient (Wildman–Crippen LogP) is 2.79. The number of amides is 1. The number of carbonyl (C=O) groups excluding carboxylic acids is 1. The monoisotopic (exact) mass is 365 g/mol. The zero-order valence-electron chi connectivity index (χ0n) is 15.0. The van der Waals surface area contributed by atoms with Gasteiger partial charge in [0, 0.05) is 24.0 Å². The first-order valence-corrected chi connectivity index (χ1v) is 9.03. The maximum Gasteiger partial charge on any atom is 0.325 e. The summed E-state index contributed by atoms with van der Waals surface area (Å²) in [7, 11) is 0. The van der Waals surface area contributed by atoms with E-state index in [0.29, 0.717) is 11.3 Å². The molecule has 0 bridgehead atoms. The molecule has 140 valence electrons. The number of likely N-dealkylation sites (tertiary alicyclic amines) is 1. The third-order valence-electron chi connectivity index (χ3n) is 4.57. The smallest absolute Gasteiger partial charge is 0.325 e. The van der Waals surface area contributed by atoms with Crippen LogP contribution in [0.1, 0.15) is 24.0 Å². The number of benzene rings is 2. The van der Waals surface area contributed by atoms with E-state index in [1.54, 1.807) is 12.1 Å². The summed E-state index contributed by atoms with van der Waals surface area (Å²) >= 11 is 0. The highest BCUT2D eigenvalue weighted by Crippen LogP contribution is 2.22. The highest BCUT2D eigenvalue weighted by atomic mass is 16.4. The van der Waals surface area contributed by atoms with E-state index >= 15 is 0 Å². The Balaban J connectivity index is 1.67. The number of nitrogens with zero attached hydrogens (tertiary/aromatic N) is 2. The molecule has 1 aliphatic heterocycles. The van der Waals surface area contributed by atoms with Crippen LogP contribution in [0.25, 0.3) is 0 Å². The summed E-state index contributed by atoms with van der Waals surface area (Å²) in [6.07, 6.45) is 3.31. The first kappa shape index (κ1) is 18.8. The van der Waals surface area contributed by atoms with Crippen molar-refractivity contribution < 1.29 is 14.7 Å². The van der Waals surface area contributed by atoms with Crippen LogP contribution in [-0.4, -0.2) is 47.2 Å². The molecule has 2 N–H and O–H groups in total. The van der Waals surface area contributed by atoms with Crippen molar-refractivity contribution in [2.75, 3.05) is 18.4 Å². The minimum atomic E-state index is -0.990. The van der Waals surface area contributed by atoms with Gasteiger partial charge < -0.3 is 10.4 Å². The number of carboxylic acids is 1. The molecule has 0 radical (unpaired) electrons. The van der Waals surface area contributed by atoms with Crippen LogP contribution in [0.15, 0.2) is 59.6 Å². The molecule has 0 unspecified atom stereocenters. The maximum atomic E-state index is 12.9. The van der Waals surface area contributed by atoms with Gasteiger partial charge in [-0.1, -0.05) is 48.5 Å². The summed E-state index contributed by atoms with van der Waals surface area (Å²) in [4.78, 5) is 29.6. The Hall–Kier alpha value is -2.99. The number of aliphatic imine (C=N–C) groups is 1. The molecule has 2 aromatic rings. The number of carboxylic acid groups (broad SMARTS) is 1. The predicted molar refractivity (Wildman–Crippen MR) is 105 cm³/mol. The standard InChI is InChI=1S/C21H23N3O3/c25-20(26)14-22-13-17-9-4-5-10-18(17)23-21(27)19-11-6-12-24(19)15-16-7-2-1-3-8-16/h1-5,7-10,13,19H,6,11-12,14-15H2,(H,23,27)(H,25,26)/t19-/m0/s1. The Morgan fingerprint density at radius 3 is 2.67 bits per heavy atom. The number of carbonyl (C=O) groups is 2. The molecule has 1 heterocycles. The lowest BCUT2D eigenvalue weighted by atomic mass is 10.1. The van der Waals surface area contributed by atoms with E-state index in [9.17, 15) is 9.59 Å². The van der Waals surface area contributed by atoms with Gasteiger partial charge in [-0.3, -0.25) is 19.5 Å². The Kier molecular flexibility index (Phi) is 6.33. The molecule has 6 nitrogen and oxygen atoms in total. The normalized spacial score (nSPS) is 17.3. The quantitative estimate of drug-likeness (QED) is 0.739. The van der Waals surface area contributed by atoms with Gasteiger partial charge in [0.25, 0.3) is 0 Å². The van der Waals surface area contributed by atoms with Gasteiger partial charge in [0.05, 0.1) is 6.04 Å². The van der Waals surface area contributed by atoms with Gasteiger partial charge >= 0.3 is 5.97 Å². The maximum absolute atomic E-state index is 12.9. The largest absolute Gasteiger partial charge is 0.480 e. The van der Waals surface area contributed by atoms with Crippen LogP contribution in [0.4, 0.5) is 5.69 Å². The van der Waals surface area contributed by atoms with Crippen molar-refractivity contribution in [2.45, 2.75) is 25.4 Å². The summed E-state index contributed by atoms with van der Waals surface area (Å²) < 4.78 is 0. The number of aliphatic carboxylic acids is 1. The van der Waals surface area contributed by atoms with Crippen molar-refractivity contribution in [1.82, 2.24) is 4.90 Å². The van der Waals surface area contributed by atoms with Crippen LogP contribution in [0.3, 0.4) is 0 Å². The van der Waals surface area contributed by atoms with Gasteiger partial charge in [0.2, 0.25) is 5.91 Å². The Bertz CT molecular complexity index is 820. The number of hydrogen-bond donors (Lipinski definition) is 2. The summed E-state index contributed by atoms with van der Waals surface area (Å²) in [5.41, 5.74) is 2.53. The Labute approximate surface area is 158 Å². The number of hydrogen-bond acceptors (Lipinski definition) is 4. The molecule has 6 heteroatoms. The van der Waals surface area contributed by atoms with Gasteiger partial charge in [-0.05, 0) is 31.0 Å². The van der Waals surface area contributed by atoms with Gasteiger partial charge in [0.15, 0.2) is 0 Å². The number of nitrogens with one attached hydrogen (secondary N) is 1. The average Bonchev–Trinajstić information content (AvgIpc) is 3.12. The van der Waals surface area contributed by atoms with Gasteiger partial charge in [-0.15, -0.1) is 0 Å². The zero-order valence-corrected chi connectivity index (χ0v) is 15.0. The second-order valence-corrected chi connectivity index (χ2v) is 6.55. The Morgan fingerprint density at radius 2 is 1.89 bits per heavy atom. The van der Waals surface area contributed by atoms with Gasteiger partial charge in [-0.2, -0.15) is 0 Å². The molecule has 0 aliphatic carbocycles. The van der Waals surface area contributed by atoms with Crippen LogP contribution in [0.2, 0.25) is 0 Å². The minimum absolute atomic E-state index is 0.0393. The molecule has 1 saturated heterocycles. The molecule has 27 heavy (non-hydrogen) atoms. The van der Waals surface area contributed by atoms with Crippen molar-refractivity contribution >= 4 is 23.8 Å². The molecule has 1 fully saturated rings. The van der Waals surface area contributed by atoms with Crippen LogP contribution < -0.4 is 5.32 Å². The lowest BCUT2D eigenvalue weighted by molar-refractivity contribution is -0.135. The summed E-state index contributed by atoms with van der Waals surface area (Å²) in [5.74, 6) is -1.03. The molecule has 1 amide bonds. The van der Waals surface area contributed by atoms with Crippen molar-refractivity contribution in [3.05, 3.63) is 65.7 Å². The third kappa shape index (κ3) is 5.24. The van der Waals surface area contributed by atoms with E-state index in [1.807, 2.05) is 30.3 Å². The van der Waals surface area contributed by atoms with E-state index in [4.69, 9.17) is 5.11 Å². The second kappa shape index (κ2) is 9.09. The van der Waals surface area contributed by atoms with Crippen LogP contribution in [0.5, 0.6) is 0 Å². The molecule has 0 aromatic heterocycles. The average molecular weight is 365 g/mol. The number of anilines is 1. The van der Waals surface area contributed by atoms with E-state index in [1.165, 1.54) is 11.8 Å². The van der Waals surface area contributed by atoms with E-state index in [-0.39, 0.29) is 18.5 Å². The second-order valence-electron chi connectivity index (χ2n) is 6.55. The minimum Gasteiger partial charge on any atom is -0.480 e. The molecule has 1 aliphatic rings. The summed E-state index contributed by atoms with van der Waals surface area (Å²) in [5, 5.41) is 11.7. The lowest BCUT2D eigenvalue weighted by Crippen LogP contribution is -2.39. The lowest BCUT2D eigenvalue weighted by Gasteiger charge is -2.24. The highest BCUT2D eigenvalue weighted by Gasteiger charge is 2.30. The molecule has 3 rings (SSSR count). The first-order valence-electron chi connectivity index (χ1n) is 9.03. The first-order chi connectivity index (χ1) is 13.1. The van der Waals surface area contributed by atoms with E-state index in [0.717, 1.165) is 25.9 Å². The fourth-order valence-corrected chi connectivity index (χ4v) is 3.29. The molecular weight excluding hydrogens is 342 g/mol. The number of para-hydroxylation sites is 1. The number of rotatable bonds is 7. The fraction of sp³-hybridized carbons (Fsp3) is 0.286. The van der Waals surface area contributed by atoms with Gasteiger partial charge in [0.1, 0.15) is 6.54 Å². The highest BCUT2D eigenvalue weighted by molar-refractivity contribution is 6.00. The van der Waals surface area contributed by atoms with Crippen LogP contribution in [0, 0.1) is 0 Å². The van der Waals surface area contributed by atoms with Crippen LogP contribution >= 0.6 is 0 Å². The molecule has 1 atom stereocenters. The van der Waals surface area contributed by atoms with E-state index in [2.05, 4.69) is 27.3 Å². The summed E-state index contributed by atoms with van der Waals surface area (Å²) in [6, 6.07) is 17.2.